The number of rotatable bonds is 6. The molecule has 0 aliphatic carbocycles. The standard InChI is InChI=1S/2C14H13S/c2*1-2-15(13-9-5-3-6-10-13)14-11-7-4-8-12-14/h2*2-12H,1H2/q2*+1. The van der Waals surface area contributed by atoms with Crippen LogP contribution in [0.3, 0.4) is 0 Å². The van der Waals surface area contributed by atoms with Crippen LogP contribution in [0.5, 0.6) is 0 Å². The Hall–Kier alpha value is -2.94. The predicted octanol–water partition coefficient (Wildman–Crippen LogP) is 7.73. The molecule has 0 aliphatic heterocycles. The molecule has 0 aromatic heterocycles. The van der Waals surface area contributed by atoms with Gasteiger partial charge in [0, 0.05) is 0 Å². The Kier molecular flexibility index (Phi) is 8.64. The van der Waals surface area contributed by atoms with Crippen molar-refractivity contribution in [2.45, 2.75) is 19.6 Å². The molecule has 0 saturated carbocycles. The molecule has 0 fully saturated rings. The van der Waals surface area contributed by atoms with Crippen LogP contribution in [0.25, 0.3) is 0 Å². The van der Waals surface area contributed by atoms with E-state index in [9.17, 15) is 0 Å². The molecule has 0 saturated heterocycles. The maximum Gasteiger partial charge on any atom is 0.165 e. The van der Waals surface area contributed by atoms with E-state index in [2.05, 4.69) is 110 Å². The Balaban J connectivity index is 0.000000171. The molecule has 30 heavy (non-hydrogen) atoms. The van der Waals surface area contributed by atoms with Crippen molar-refractivity contribution < 1.29 is 0 Å². The van der Waals surface area contributed by atoms with Crippen molar-refractivity contribution in [3.05, 3.63) is 145 Å². The van der Waals surface area contributed by atoms with Crippen molar-refractivity contribution in [3.8, 4) is 0 Å². The molecule has 0 amide bonds. The van der Waals surface area contributed by atoms with E-state index >= 15 is 0 Å². The first-order chi connectivity index (χ1) is 14.8. The third kappa shape index (κ3) is 6.03. The summed E-state index contributed by atoms with van der Waals surface area (Å²) in [5.41, 5.74) is 0. The summed E-state index contributed by atoms with van der Waals surface area (Å²) in [6.45, 7) is 7.85. The highest BCUT2D eigenvalue weighted by atomic mass is 32.2. The first kappa shape index (κ1) is 21.8. The molecular weight excluding hydrogens is 400 g/mol. The van der Waals surface area contributed by atoms with Crippen molar-refractivity contribution in [2.24, 2.45) is 0 Å². The monoisotopic (exact) mass is 426 g/mol. The minimum atomic E-state index is 0.00568. The van der Waals surface area contributed by atoms with E-state index in [-0.39, 0.29) is 21.8 Å². The minimum Gasteiger partial charge on any atom is -0.0619 e. The summed E-state index contributed by atoms with van der Waals surface area (Å²) in [6, 6.07) is 41.9. The predicted molar refractivity (Wildman–Crippen MR) is 134 cm³/mol. The van der Waals surface area contributed by atoms with E-state index in [1.165, 1.54) is 19.6 Å². The zero-order chi connectivity index (χ0) is 21.0. The van der Waals surface area contributed by atoms with Crippen LogP contribution in [-0.2, 0) is 21.8 Å². The van der Waals surface area contributed by atoms with Gasteiger partial charge >= 0.3 is 0 Å². The maximum absolute atomic E-state index is 3.93. The second-order valence-corrected chi connectivity index (χ2v) is 10.2. The molecule has 0 heterocycles. The van der Waals surface area contributed by atoms with Crippen LogP contribution in [0.1, 0.15) is 0 Å². The summed E-state index contributed by atoms with van der Waals surface area (Å²) in [4.78, 5) is 5.27. The van der Waals surface area contributed by atoms with Crippen LogP contribution >= 0.6 is 0 Å². The topological polar surface area (TPSA) is 0 Å². The van der Waals surface area contributed by atoms with Crippen molar-refractivity contribution >= 4 is 21.8 Å². The molecule has 0 aliphatic rings. The van der Waals surface area contributed by atoms with Gasteiger partial charge in [0.05, 0.1) is 21.8 Å². The van der Waals surface area contributed by atoms with E-state index in [1.807, 2.05) is 35.1 Å². The van der Waals surface area contributed by atoms with Gasteiger partial charge in [-0.1, -0.05) is 86.0 Å². The molecule has 0 radical (unpaired) electrons. The molecule has 4 aromatic carbocycles. The van der Waals surface area contributed by atoms with Gasteiger partial charge in [-0.15, -0.1) is 0 Å². The highest BCUT2D eigenvalue weighted by molar-refractivity contribution is 8.00. The molecule has 4 rings (SSSR count). The molecule has 148 valence electrons. The van der Waals surface area contributed by atoms with Gasteiger partial charge < -0.3 is 0 Å². The molecular formula is C28H26S2+2. The average molecular weight is 427 g/mol. The summed E-state index contributed by atoms with van der Waals surface area (Å²) in [5.74, 6) is 0. The van der Waals surface area contributed by atoms with E-state index < -0.39 is 0 Å². The smallest absolute Gasteiger partial charge is 0.0619 e. The Morgan fingerprint density at radius 1 is 0.367 bits per heavy atom. The van der Waals surface area contributed by atoms with Crippen LogP contribution in [0.4, 0.5) is 0 Å². The zero-order valence-corrected chi connectivity index (χ0v) is 18.6. The van der Waals surface area contributed by atoms with Gasteiger partial charge in [-0.3, -0.25) is 0 Å². The summed E-state index contributed by atoms with van der Waals surface area (Å²) in [7, 11) is 0.0114. The second-order valence-electron chi connectivity index (χ2n) is 6.26. The average Bonchev–Trinajstić information content (AvgIpc) is 2.83. The van der Waals surface area contributed by atoms with Gasteiger partial charge in [0.1, 0.15) is 10.8 Å². The zero-order valence-electron chi connectivity index (χ0n) is 16.9. The van der Waals surface area contributed by atoms with E-state index in [4.69, 9.17) is 0 Å². The van der Waals surface area contributed by atoms with Gasteiger partial charge in [-0.2, -0.15) is 0 Å². The lowest BCUT2D eigenvalue weighted by Crippen LogP contribution is -1.98. The van der Waals surface area contributed by atoms with E-state index in [0.717, 1.165) is 0 Å². The van der Waals surface area contributed by atoms with Gasteiger partial charge in [-0.25, -0.2) is 0 Å². The van der Waals surface area contributed by atoms with E-state index in [1.54, 1.807) is 0 Å². The normalized spacial score (nSPS) is 10.2. The largest absolute Gasteiger partial charge is 0.165 e. The van der Waals surface area contributed by atoms with Crippen LogP contribution < -0.4 is 0 Å². The highest BCUT2D eigenvalue weighted by Gasteiger charge is 2.21. The quantitative estimate of drug-likeness (QED) is 0.277. The third-order valence-electron chi connectivity index (χ3n) is 4.32. The summed E-state index contributed by atoms with van der Waals surface area (Å²) >= 11 is 0. The van der Waals surface area contributed by atoms with E-state index in [0.29, 0.717) is 0 Å². The maximum atomic E-state index is 3.93. The Morgan fingerprint density at radius 2 is 0.567 bits per heavy atom. The highest BCUT2D eigenvalue weighted by Crippen LogP contribution is 2.24. The molecule has 0 unspecified atom stereocenters. The van der Waals surface area contributed by atoms with Gasteiger partial charge in [0.2, 0.25) is 0 Å². The number of benzene rings is 4. The fourth-order valence-corrected chi connectivity index (χ4v) is 6.04. The molecule has 4 aromatic rings. The van der Waals surface area contributed by atoms with Gasteiger partial charge in [0.15, 0.2) is 19.6 Å². The molecule has 0 bridgehead atoms. The molecule has 0 N–H and O–H groups in total. The van der Waals surface area contributed by atoms with Crippen molar-refractivity contribution in [2.75, 3.05) is 0 Å². The summed E-state index contributed by atoms with van der Waals surface area (Å²) < 4.78 is 0. The first-order valence-corrected chi connectivity index (χ1v) is 12.3. The minimum absolute atomic E-state index is 0.00568. The summed E-state index contributed by atoms with van der Waals surface area (Å²) in [6.07, 6.45) is 0. The summed E-state index contributed by atoms with van der Waals surface area (Å²) in [5, 5.41) is 4.04. The molecule has 0 spiro atoms. The third-order valence-corrected chi connectivity index (χ3v) is 8.11. The SMILES string of the molecule is C=C[S+](c1ccccc1)c1ccccc1.C=C[S+](c1ccccc1)c1ccccc1. The van der Waals surface area contributed by atoms with Crippen molar-refractivity contribution in [3.63, 3.8) is 0 Å². The van der Waals surface area contributed by atoms with Crippen LogP contribution in [0.15, 0.2) is 165 Å². The molecule has 2 heteroatoms. The fourth-order valence-electron chi connectivity index (χ4n) is 2.93. The Bertz CT molecular complexity index is 847. The van der Waals surface area contributed by atoms with Gasteiger partial charge in [-0.05, 0) is 48.5 Å². The number of hydrogen-bond donors (Lipinski definition) is 0. The second kappa shape index (κ2) is 11.9. The Morgan fingerprint density at radius 3 is 0.733 bits per heavy atom. The molecule has 0 nitrogen and oxygen atoms in total. The number of hydrogen-bond acceptors (Lipinski definition) is 0. The first-order valence-electron chi connectivity index (χ1n) is 9.75. The van der Waals surface area contributed by atoms with Crippen LogP contribution in [0, 0.1) is 0 Å². The van der Waals surface area contributed by atoms with Crippen LogP contribution in [-0.4, -0.2) is 0 Å². The lowest BCUT2D eigenvalue weighted by molar-refractivity contribution is 1.39. The molecule has 0 atom stereocenters. The Labute approximate surface area is 186 Å². The van der Waals surface area contributed by atoms with Crippen LogP contribution in [0.2, 0.25) is 0 Å². The lowest BCUT2D eigenvalue weighted by Gasteiger charge is -2.01. The van der Waals surface area contributed by atoms with Gasteiger partial charge in [0.25, 0.3) is 0 Å². The fraction of sp³-hybridized carbons (Fsp3) is 0. The van der Waals surface area contributed by atoms with Crippen molar-refractivity contribution in [1.29, 1.82) is 0 Å². The van der Waals surface area contributed by atoms with Crippen molar-refractivity contribution in [1.82, 2.24) is 0 Å². The lowest BCUT2D eigenvalue weighted by atomic mass is 10.4.